The molecule has 1 aliphatic heterocycles. The first-order chi connectivity index (χ1) is 9.53. The van der Waals surface area contributed by atoms with Crippen molar-refractivity contribution in [2.24, 2.45) is 5.41 Å². The molecule has 4 nitrogen and oxygen atoms in total. The maximum Gasteiger partial charge on any atom is 0.118 e. The molecule has 0 aromatic heterocycles. The molecule has 4 heteroatoms. The van der Waals surface area contributed by atoms with Crippen molar-refractivity contribution < 1.29 is 14.6 Å². The molecule has 1 aromatic rings. The van der Waals surface area contributed by atoms with Gasteiger partial charge >= 0.3 is 0 Å². The molecule has 2 atom stereocenters. The number of aliphatic hydroxyl groups is 1. The number of hydrogen-bond acceptors (Lipinski definition) is 4. The molecule has 108 valence electrons. The maximum absolute atomic E-state index is 10.8. The van der Waals surface area contributed by atoms with Gasteiger partial charge in [-0.25, -0.2) is 0 Å². The highest BCUT2D eigenvalue weighted by molar-refractivity contribution is 5.29. The average Bonchev–Trinajstić information content (AvgIpc) is 2.48. The molecule has 1 N–H and O–H groups in total. The van der Waals surface area contributed by atoms with Crippen LogP contribution in [0.3, 0.4) is 0 Å². The lowest BCUT2D eigenvalue weighted by molar-refractivity contribution is -0.107. The summed E-state index contributed by atoms with van der Waals surface area (Å²) in [5.41, 5.74) is -0.960. The first-order valence-corrected chi connectivity index (χ1v) is 6.87. The van der Waals surface area contributed by atoms with Crippen LogP contribution >= 0.6 is 0 Å². The lowest BCUT2D eigenvalue weighted by Gasteiger charge is -2.42. The third kappa shape index (κ3) is 2.79. The van der Waals surface area contributed by atoms with Crippen LogP contribution in [0.15, 0.2) is 24.3 Å². The average molecular weight is 275 g/mol. The van der Waals surface area contributed by atoms with Gasteiger partial charge in [-0.05, 0) is 37.5 Å². The van der Waals surface area contributed by atoms with Gasteiger partial charge in [0.1, 0.15) is 11.2 Å². The zero-order chi connectivity index (χ0) is 14.6. The fraction of sp³-hybridized carbons (Fsp3) is 0.562. The molecule has 1 heterocycles. The standard InChI is InChI=1S/C16H21NO3/c1-15(18,16(11-17)8-3-9-20-12-16)10-13-4-6-14(19-2)7-5-13/h4-7,18H,3,8-10,12H2,1-2H3. The van der Waals surface area contributed by atoms with E-state index >= 15 is 0 Å². The Balaban J connectivity index is 2.18. The monoisotopic (exact) mass is 275 g/mol. The summed E-state index contributed by atoms with van der Waals surface area (Å²) in [7, 11) is 1.62. The number of benzene rings is 1. The van der Waals surface area contributed by atoms with Crippen molar-refractivity contribution in [2.75, 3.05) is 20.3 Å². The van der Waals surface area contributed by atoms with Gasteiger partial charge < -0.3 is 14.6 Å². The summed E-state index contributed by atoms with van der Waals surface area (Å²) in [5, 5.41) is 20.4. The van der Waals surface area contributed by atoms with E-state index < -0.39 is 11.0 Å². The Labute approximate surface area is 119 Å². The van der Waals surface area contributed by atoms with Crippen LogP contribution in [0.1, 0.15) is 25.3 Å². The van der Waals surface area contributed by atoms with E-state index in [0.29, 0.717) is 26.1 Å². The van der Waals surface area contributed by atoms with Crippen molar-refractivity contribution in [3.05, 3.63) is 29.8 Å². The first kappa shape index (κ1) is 14.8. The largest absolute Gasteiger partial charge is 0.497 e. The third-order valence-corrected chi connectivity index (χ3v) is 4.19. The Hall–Kier alpha value is -1.57. The fourth-order valence-corrected chi connectivity index (χ4v) is 2.74. The molecule has 0 saturated carbocycles. The van der Waals surface area contributed by atoms with Crippen molar-refractivity contribution >= 4 is 0 Å². The van der Waals surface area contributed by atoms with Crippen LogP contribution < -0.4 is 4.74 Å². The number of hydrogen-bond donors (Lipinski definition) is 1. The van der Waals surface area contributed by atoms with E-state index in [9.17, 15) is 10.4 Å². The van der Waals surface area contributed by atoms with Crippen LogP contribution in [0.2, 0.25) is 0 Å². The topological polar surface area (TPSA) is 62.5 Å². The number of methoxy groups -OCH3 is 1. The summed E-state index contributed by atoms with van der Waals surface area (Å²) in [4.78, 5) is 0. The molecule has 2 rings (SSSR count). The minimum absolute atomic E-state index is 0.298. The van der Waals surface area contributed by atoms with Gasteiger partial charge in [-0.1, -0.05) is 12.1 Å². The molecule has 1 aromatic carbocycles. The lowest BCUT2D eigenvalue weighted by Crippen LogP contribution is -2.51. The summed E-state index contributed by atoms with van der Waals surface area (Å²) in [5.74, 6) is 0.782. The van der Waals surface area contributed by atoms with E-state index in [1.165, 1.54) is 0 Å². The van der Waals surface area contributed by atoms with Gasteiger partial charge in [-0.15, -0.1) is 0 Å². The van der Waals surface area contributed by atoms with E-state index in [1.807, 2.05) is 24.3 Å². The molecule has 2 unspecified atom stereocenters. The highest BCUT2D eigenvalue weighted by Gasteiger charge is 2.48. The van der Waals surface area contributed by atoms with E-state index in [-0.39, 0.29) is 0 Å². The minimum Gasteiger partial charge on any atom is -0.497 e. The number of ether oxygens (including phenoxy) is 2. The Morgan fingerprint density at radius 1 is 1.45 bits per heavy atom. The second-order valence-corrected chi connectivity index (χ2v) is 5.65. The third-order valence-electron chi connectivity index (χ3n) is 4.19. The molecular formula is C16H21NO3. The van der Waals surface area contributed by atoms with Crippen molar-refractivity contribution in [1.29, 1.82) is 5.26 Å². The van der Waals surface area contributed by atoms with Gasteiger partial charge in [-0.2, -0.15) is 5.26 Å². The molecule has 0 bridgehead atoms. The number of nitriles is 1. The number of nitrogens with zero attached hydrogens (tertiary/aromatic N) is 1. The van der Waals surface area contributed by atoms with Crippen molar-refractivity contribution in [2.45, 2.75) is 31.8 Å². The fourth-order valence-electron chi connectivity index (χ4n) is 2.74. The summed E-state index contributed by atoms with van der Waals surface area (Å²) >= 11 is 0. The van der Waals surface area contributed by atoms with Gasteiger partial charge in [0.25, 0.3) is 0 Å². The Bertz CT molecular complexity index is 481. The summed E-state index contributed by atoms with van der Waals surface area (Å²) in [6.45, 7) is 2.70. The smallest absolute Gasteiger partial charge is 0.118 e. The van der Waals surface area contributed by atoms with Crippen LogP contribution in [-0.4, -0.2) is 31.0 Å². The van der Waals surface area contributed by atoms with Gasteiger partial charge in [0, 0.05) is 13.0 Å². The zero-order valence-corrected chi connectivity index (χ0v) is 12.1. The van der Waals surface area contributed by atoms with Crippen molar-refractivity contribution in [3.8, 4) is 11.8 Å². The second kappa shape index (κ2) is 5.82. The van der Waals surface area contributed by atoms with Crippen LogP contribution in [0.25, 0.3) is 0 Å². The normalized spacial score (nSPS) is 25.5. The molecule has 1 saturated heterocycles. The summed E-state index contributed by atoms with van der Waals surface area (Å²) in [6, 6.07) is 9.86. The van der Waals surface area contributed by atoms with Crippen LogP contribution in [0.5, 0.6) is 5.75 Å². The van der Waals surface area contributed by atoms with E-state index in [0.717, 1.165) is 17.7 Å². The molecule has 0 spiro atoms. The van der Waals surface area contributed by atoms with Crippen molar-refractivity contribution in [1.82, 2.24) is 0 Å². The molecule has 1 aliphatic rings. The highest BCUT2D eigenvalue weighted by Crippen LogP contribution is 2.40. The Kier molecular flexibility index (Phi) is 4.32. The molecule has 0 radical (unpaired) electrons. The van der Waals surface area contributed by atoms with E-state index in [2.05, 4.69) is 6.07 Å². The molecule has 20 heavy (non-hydrogen) atoms. The lowest BCUT2D eigenvalue weighted by atomic mass is 9.68. The Morgan fingerprint density at radius 2 is 2.15 bits per heavy atom. The quantitative estimate of drug-likeness (QED) is 0.916. The predicted octanol–water partition coefficient (Wildman–Crippen LogP) is 2.31. The van der Waals surface area contributed by atoms with Crippen LogP contribution in [0, 0.1) is 16.7 Å². The maximum atomic E-state index is 10.8. The van der Waals surface area contributed by atoms with Gasteiger partial charge in [0.2, 0.25) is 0 Å². The first-order valence-electron chi connectivity index (χ1n) is 6.87. The molecular weight excluding hydrogens is 254 g/mol. The van der Waals surface area contributed by atoms with Gasteiger partial charge in [0.05, 0.1) is 25.4 Å². The molecule has 0 aliphatic carbocycles. The summed E-state index contributed by atoms with van der Waals surface area (Å²) in [6.07, 6.45) is 1.91. The van der Waals surface area contributed by atoms with Gasteiger partial charge in [0.15, 0.2) is 0 Å². The van der Waals surface area contributed by atoms with Gasteiger partial charge in [-0.3, -0.25) is 0 Å². The number of rotatable bonds is 4. The second-order valence-electron chi connectivity index (χ2n) is 5.65. The van der Waals surface area contributed by atoms with E-state index in [4.69, 9.17) is 9.47 Å². The zero-order valence-electron chi connectivity index (χ0n) is 12.1. The summed E-state index contributed by atoms with van der Waals surface area (Å²) < 4.78 is 10.6. The SMILES string of the molecule is COc1ccc(CC(C)(O)C2(C#N)CCCOC2)cc1. The van der Waals surface area contributed by atoms with Crippen LogP contribution in [-0.2, 0) is 11.2 Å². The molecule has 1 fully saturated rings. The van der Waals surface area contributed by atoms with Crippen LogP contribution in [0.4, 0.5) is 0 Å². The Morgan fingerprint density at radius 3 is 2.65 bits per heavy atom. The van der Waals surface area contributed by atoms with E-state index in [1.54, 1.807) is 14.0 Å². The molecule has 0 amide bonds. The predicted molar refractivity (Wildman–Crippen MR) is 75.4 cm³/mol. The highest BCUT2D eigenvalue weighted by atomic mass is 16.5. The van der Waals surface area contributed by atoms with Crippen molar-refractivity contribution in [3.63, 3.8) is 0 Å². The minimum atomic E-state index is -1.11.